The summed E-state index contributed by atoms with van der Waals surface area (Å²) in [5, 5.41) is 2.81. The number of nitrogens with zero attached hydrogens (tertiary/aromatic N) is 2. The lowest BCUT2D eigenvalue weighted by atomic mass is 10.0. The van der Waals surface area contributed by atoms with E-state index >= 15 is 0 Å². The molecule has 9 heteroatoms. The Hall–Kier alpha value is -3.72. The van der Waals surface area contributed by atoms with Gasteiger partial charge < -0.3 is 10.2 Å². The Kier molecular flexibility index (Phi) is 10.8. The van der Waals surface area contributed by atoms with Crippen LogP contribution in [0.1, 0.15) is 42.0 Å². The van der Waals surface area contributed by atoms with Gasteiger partial charge in [-0.25, -0.2) is 12.8 Å². The second-order valence-corrected chi connectivity index (χ2v) is 11.9. The third kappa shape index (κ3) is 8.64. The highest BCUT2D eigenvalue weighted by Gasteiger charge is 2.31. The molecular weight excluding hydrogens is 529 g/mol. The fraction of sp³-hybridized carbons (Fsp3) is 0.355. The van der Waals surface area contributed by atoms with Gasteiger partial charge in [-0.05, 0) is 62.1 Å². The second-order valence-electron chi connectivity index (χ2n) is 10.00. The Morgan fingerprint density at radius 3 is 2.17 bits per heavy atom. The molecule has 3 aromatic rings. The van der Waals surface area contributed by atoms with Crippen LogP contribution in [0, 0.1) is 19.7 Å². The molecule has 0 aromatic heterocycles. The second kappa shape index (κ2) is 14.1. The molecule has 0 aliphatic rings. The third-order valence-corrected chi connectivity index (χ3v) is 7.76. The van der Waals surface area contributed by atoms with Gasteiger partial charge in [-0.15, -0.1) is 0 Å². The van der Waals surface area contributed by atoms with Gasteiger partial charge in [0, 0.05) is 38.0 Å². The van der Waals surface area contributed by atoms with Crippen molar-refractivity contribution in [2.45, 2.75) is 52.6 Å². The zero-order valence-corrected chi connectivity index (χ0v) is 24.4. The highest BCUT2D eigenvalue weighted by molar-refractivity contribution is 7.92. The number of hydrogen-bond acceptors (Lipinski definition) is 4. The number of hydrogen-bond donors (Lipinski definition) is 1. The summed E-state index contributed by atoms with van der Waals surface area (Å²) in [6, 6.07) is 20.2. The molecule has 0 radical (unpaired) electrons. The van der Waals surface area contributed by atoms with Gasteiger partial charge in [-0.1, -0.05) is 54.6 Å². The number of benzene rings is 3. The Bertz CT molecular complexity index is 1390. The Morgan fingerprint density at radius 2 is 1.57 bits per heavy atom. The largest absolute Gasteiger partial charge is 0.355 e. The van der Waals surface area contributed by atoms with E-state index in [1.807, 2.05) is 50.2 Å². The molecule has 3 aromatic carbocycles. The summed E-state index contributed by atoms with van der Waals surface area (Å²) in [6.07, 6.45) is 1.60. The Balaban J connectivity index is 1.88. The smallest absolute Gasteiger partial charge is 0.243 e. The van der Waals surface area contributed by atoms with Gasteiger partial charge in [0.1, 0.15) is 11.9 Å². The van der Waals surface area contributed by atoms with E-state index in [4.69, 9.17) is 0 Å². The van der Waals surface area contributed by atoms with Crippen molar-refractivity contribution in [2.75, 3.05) is 23.7 Å². The van der Waals surface area contributed by atoms with Crippen molar-refractivity contribution in [3.05, 3.63) is 101 Å². The topological polar surface area (TPSA) is 86.8 Å². The summed E-state index contributed by atoms with van der Waals surface area (Å²) in [6.45, 7) is 5.97. The number of anilines is 1. The van der Waals surface area contributed by atoms with E-state index < -0.39 is 21.9 Å². The van der Waals surface area contributed by atoms with Gasteiger partial charge in [0.25, 0.3) is 0 Å². The lowest BCUT2D eigenvalue weighted by molar-refractivity contribution is -0.141. The van der Waals surface area contributed by atoms with E-state index in [2.05, 4.69) is 5.32 Å². The molecule has 40 heavy (non-hydrogen) atoms. The van der Waals surface area contributed by atoms with Crippen LogP contribution in [0.5, 0.6) is 0 Å². The molecule has 0 unspecified atom stereocenters. The van der Waals surface area contributed by atoms with Crippen LogP contribution in [0.2, 0.25) is 0 Å². The van der Waals surface area contributed by atoms with Crippen molar-refractivity contribution in [2.24, 2.45) is 0 Å². The molecule has 1 N–H and O–H groups in total. The van der Waals surface area contributed by atoms with Crippen LogP contribution in [-0.4, -0.2) is 50.5 Å². The first-order valence-electron chi connectivity index (χ1n) is 13.4. The summed E-state index contributed by atoms with van der Waals surface area (Å²) in [7, 11) is -3.61. The highest BCUT2D eigenvalue weighted by Crippen LogP contribution is 2.23. The summed E-state index contributed by atoms with van der Waals surface area (Å²) in [4.78, 5) is 28.4. The van der Waals surface area contributed by atoms with Gasteiger partial charge in [-0.2, -0.15) is 0 Å². The number of carbonyl (C=O) groups excluding carboxylic acids is 2. The molecule has 0 heterocycles. The van der Waals surface area contributed by atoms with E-state index in [9.17, 15) is 22.4 Å². The first-order chi connectivity index (χ1) is 19.0. The maximum atomic E-state index is 14.7. The van der Waals surface area contributed by atoms with Crippen molar-refractivity contribution in [3.63, 3.8) is 0 Å². The molecule has 0 spiro atoms. The number of halogens is 1. The maximum absolute atomic E-state index is 14.7. The summed E-state index contributed by atoms with van der Waals surface area (Å²) < 4.78 is 41.3. The van der Waals surface area contributed by atoms with Gasteiger partial charge in [0.05, 0.1) is 11.9 Å². The normalized spacial score (nSPS) is 12.0. The Morgan fingerprint density at radius 1 is 0.950 bits per heavy atom. The number of amides is 2. The number of sulfonamides is 1. The number of nitrogens with one attached hydrogen (secondary N) is 1. The van der Waals surface area contributed by atoms with Crippen molar-refractivity contribution in [3.8, 4) is 0 Å². The maximum Gasteiger partial charge on any atom is 0.243 e. The van der Waals surface area contributed by atoms with Crippen LogP contribution in [-0.2, 0) is 32.6 Å². The molecule has 2 amide bonds. The molecule has 0 saturated carbocycles. The molecule has 0 saturated heterocycles. The lowest BCUT2D eigenvalue weighted by Gasteiger charge is -2.32. The third-order valence-electron chi connectivity index (χ3n) is 6.57. The minimum Gasteiger partial charge on any atom is -0.355 e. The van der Waals surface area contributed by atoms with Crippen molar-refractivity contribution < 1.29 is 22.4 Å². The zero-order valence-electron chi connectivity index (χ0n) is 23.6. The SMILES string of the molecule is CCNC(=O)[C@@H](Cc1ccccc1)N(Cc1ccccc1F)C(=O)CCCN(c1cc(C)cc(C)c1)S(C)(=O)=O. The minimum absolute atomic E-state index is 0.0179. The monoisotopic (exact) mass is 567 g/mol. The lowest BCUT2D eigenvalue weighted by Crippen LogP contribution is -2.50. The molecule has 0 aliphatic heterocycles. The molecule has 7 nitrogen and oxygen atoms in total. The van der Waals surface area contributed by atoms with E-state index in [0.717, 1.165) is 22.9 Å². The van der Waals surface area contributed by atoms with E-state index in [0.29, 0.717) is 17.8 Å². The van der Waals surface area contributed by atoms with E-state index in [1.165, 1.54) is 15.3 Å². The molecule has 0 fully saturated rings. The molecule has 214 valence electrons. The van der Waals surface area contributed by atoms with Gasteiger partial charge in [-0.3, -0.25) is 13.9 Å². The van der Waals surface area contributed by atoms with Gasteiger partial charge in [0.15, 0.2) is 0 Å². The number of aryl methyl sites for hydroxylation is 2. The zero-order chi connectivity index (χ0) is 29.3. The summed E-state index contributed by atoms with van der Waals surface area (Å²) in [5.74, 6) is -1.15. The minimum atomic E-state index is -3.61. The predicted molar refractivity (Wildman–Crippen MR) is 157 cm³/mol. The van der Waals surface area contributed by atoms with Crippen LogP contribution in [0.25, 0.3) is 0 Å². The average molecular weight is 568 g/mol. The quantitative estimate of drug-likeness (QED) is 0.323. The molecular formula is C31H38FN3O4S. The standard InChI is InChI=1S/C31H38FN3O4S/c1-5-33-31(37)29(21-25-12-7-6-8-13-25)34(22-26-14-9-10-15-28(26)32)30(36)16-11-17-35(40(4,38)39)27-19-23(2)18-24(3)20-27/h6-10,12-15,18-20,29H,5,11,16-17,21-22H2,1-4H3,(H,33,37)/t29-/m1/s1. The van der Waals surface area contributed by atoms with Crippen LogP contribution < -0.4 is 9.62 Å². The van der Waals surface area contributed by atoms with Gasteiger partial charge >= 0.3 is 0 Å². The van der Waals surface area contributed by atoms with E-state index in [1.54, 1.807) is 37.3 Å². The number of likely N-dealkylation sites (N-methyl/N-ethyl adjacent to an activating group) is 1. The average Bonchev–Trinajstić information content (AvgIpc) is 2.89. The van der Waals surface area contributed by atoms with Crippen LogP contribution >= 0.6 is 0 Å². The fourth-order valence-electron chi connectivity index (χ4n) is 4.75. The first-order valence-corrected chi connectivity index (χ1v) is 15.2. The number of carbonyl (C=O) groups is 2. The molecule has 0 aliphatic carbocycles. The van der Waals surface area contributed by atoms with Crippen molar-refractivity contribution in [1.29, 1.82) is 0 Å². The van der Waals surface area contributed by atoms with Crippen LogP contribution in [0.15, 0.2) is 72.8 Å². The van der Waals surface area contributed by atoms with Crippen molar-refractivity contribution >= 4 is 27.5 Å². The summed E-state index contributed by atoms with van der Waals surface area (Å²) >= 11 is 0. The molecule has 0 bridgehead atoms. The first kappa shape index (κ1) is 30.8. The predicted octanol–water partition coefficient (Wildman–Crippen LogP) is 4.76. The Labute approximate surface area is 237 Å². The van der Waals surface area contributed by atoms with Gasteiger partial charge in [0.2, 0.25) is 21.8 Å². The number of rotatable bonds is 13. The highest BCUT2D eigenvalue weighted by atomic mass is 32.2. The fourth-order valence-corrected chi connectivity index (χ4v) is 5.70. The summed E-state index contributed by atoms with van der Waals surface area (Å²) in [5.41, 5.74) is 3.57. The van der Waals surface area contributed by atoms with Crippen molar-refractivity contribution in [1.82, 2.24) is 10.2 Å². The van der Waals surface area contributed by atoms with Crippen LogP contribution in [0.4, 0.5) is 10.1 Å². The molecule has 1 atom stereocenters. The van der Waals surface area contributed by atoms with E-state index in [-0.39, 0.29) is 44.2 Å². The molecule has 3 rings (SSSR count). The van der Waals surface area contributed by atoms with Crippen LogP contribution in [0.3, 0.4) is 0 Å².